The van der Waals surface area contributed by atoms with Gasteiger partial charge in [-0.1, -0.05) is 6.92 Å². The average Bonchev–Trinajstić information content (AvgIpc) is 2.30. The fourth-order valence-corrected chi connectivity index (χ4v) is 2.19. The van der Waals surface area contributed by atoms with Gasteiger partial charge in [-0.3, -0.25) is 0 Å². The van der Waals surface area contributed by atoms with Crippen LogP contribution in [-0.4, -0.2) is 46.3 Å². The summed E-state index contributed by atoms with van der Waals surface area (Å²) in [7, 11) is 3.38. The third-order valence-electron chi connectivity index (χ3n) is 2.97. The molecule has 0 aromatic heterocycles. The molecule has 1 aliphatic heterocycles. The standard InChI is InChI=1S/C11H23NO3/c1-4-12-10(11(13-2)14-3)9-5-7-15-8-6-9/h9-12H,4-8H2,1-3H3. The minimum absolute atomic E-state index is 0.159. The highest BCUT2D eigenvalue weighted by molar-refractivity contribution is 4.81. The summed E-state index contributed by atoms with van der Waals surface area (Å²) >= 11 is 0. The van der Waals surface area contributed by atoms with Gasteiger partial charge in [0.15, 0.2) is 6.29 Å². The maximum atomic E-state index is 5.37. The Labute approximate surface area is 92.3 Å². The van der Waals surface area contributed by atoms with Crippen LogP contribution in [0.25, 0.3) is 0 Å². The molecule has 1 heterocycles. The Morgan fingerprint density at radius 3 is 2.33 bits per heavy atom. The highest BCUT2D eigenvalue weighted by Gasteiger charge is 2.30. The predicted molar refractivity (Wildman–Crippen MR) is 58.8 cm³/mol. The predicted octanol–water partition coefficient (Wildman–Crippen LogP) is 1.01. The van der Waals surface area contributed by atoms with E-state index < -0.39 is 0 Å². The molecular formula is C11H23NO3. The van der Waals surface area contributed by atoms with E-state index >= 15 is 0 Å². The molecule has 0 aliphatic carbocycles. The summed E-state index contributed by atoms with van der Waals surface area (Å²) in [5.74, 6) is 0.587. The van der Waals surface area contributed by atoms with Gasteiger partial charge in [0.1, 0.15) is 0 Å². The number of likely N-dealkylation sites (N-methyl/N-ethyl adjacent to an activating group) is 1. The Balaban J connectivity index is 2.53. The van der Waals surface area contributed by atoms with Crippen LogP contribution in [0.3, 0.4) is 0 Å². The molecule has 90 valence electrons. The normalized spacial score (nSPS) is 20.8. The van der Waals surface area contributed by atoms with Gasteiger partial charge in [-0.15, -0.1) is 0 Å². The van der Waals surface area contributed by atoms with E-state index in [1.807, 2.05) is 0 Å². The fraction of sp³-hybridized carbons (Fsp3) is 1.00. The molecule has 4 nitrogen and oxygen atoms in total. The van der Waals surface area contributed by atoms with Crippen molar-refractivity contribution in [2.75, 3.05) is 34.0 Å². The average molecular weight is 217 g/mol. The Hall–Kier alpha value is -0.160. The van der Waals surface area contributed by atoms with E-state index in [1.165, 1.54) is 0 Å². The van der Waals surface area contributed by atoms with E-state index in [2.05, 4.69) is 12.2 Å². The van der Waals surface area contributed by atoms with Gasteiger partial charge in [-0.25, -0.2) is 0 Å². The van der Waals surface area contributed by atoms with Crippen LogP contribution in [0.2, 0.25) is 0 Å². The lowest BCUT2D eigenvalue weighted by Gasteiger charge is -2.34. The highest BCUT2D eigenvalue weighted by atomic mass is 16.7. The molecule has 0 amide bonds. The second-order valence-electron chi connectivity index (χ2n) is 3.87. The molecule has 1 N–H and O–H groups in total. The largest absolute Gasteiger partial charge is 0.381 e. The highest BCUT2D eigenvalue weighted by Crippen LogP contribution is 2.22. The van der Waals surface area contributed by atoms with Gasteiger partial charge in [-0.2, -0.15) is 0 Å². The van der Waals surface area contributed by atoms with E-state index in [0.29, 0.717) is 5.92 Å². The van der Waals surface area contributed by atoms with Crippen molar-refractivity contribution in [3.8, 4) is 0 Å². The first-order valence-electron chi connectivity index (χ1n) is 5.70. The fourth-order valence-electron chi connectivity index (χ4n) is 2.19. The molecule has 1 saturated heterocycles. The third kappa shape index (κ3) is 3.72. The maximum absolute atomic E-state index is 5.37. The van der Waals surface area contributed by atoms with Crippen molar-refractivity contribution in [2.24, 2.45) is 5.92 Å². The van der Waals surface area contributed by atoms with Crippen LogP contribution in [0.4, 0.5) is 0 Å². The zero-order valence-electron chi connectivity index (χ0n) is 9.99. The number of hydrogen-bond acceptors (Lipinski definition) is 4. The minimum atomic E-state index is -0.159. The zero-order chi connectivity index (χ0) is 11.1. The Bertz CT molecular complexity index is 156. The van der Waals surface area contributed by atoms with Gasteiger partial charge < -0.3 is 19.5 Å². The summed E-state index contributed by atoms with van der Waals surface area (Å²) in [5, 5.41) is 3.45. The summed E-state index contributed by atoms with van der Waals surface area (Å²) in [5.41, 5.74) is 0. The summed E-state index contributed by atoms with van der Waals surface area (Å²) < 4.78 is 16.0. The smallest absolute Gasteiger partial charge is 0.172 e. The number of methoxy groups -OCH3 is 2. The molecule has 0 aromatic carbocycles. The molecular weight excluding hydrogens is 194 g/mol. The van der Waals surface area contributed by atoms with E-state index in [9.17, 15) is 0 Å². The van der Waals surface area contributed by atoms with E-state index in [1.54, 1.807) is 14.2 Å². The molecule has 0 aromatic rings. The van der Waals surface area contributed by atoms with Crippen molar-refractivity contribution < 1.29 is 14.2 Å². The quantitative estimate of drug-likeness (QED) is 0.674. The van der Waals surface area contributed by atoms with Gasteiger partial charge in [-0.05, 0) is 25.3 Å². The monoisotopic (exact) mass is 217 g/mol. The first-order chi connectivity index (χ1) is 7.33. The first kappa shape index (κ1) is 12.9. The van der Waals surface area contributed by atoms with Crippen LogP contribution in [0.15, 0.2) is 0 Å². The van der Waals surface area contributed by atoms with Crippen molar-refractivity contribution in [2.45, 2.75) is 32.1 Å². The summed E-state index contributed by atoms with van der Waals surface area (Å²) in [6.07, 6.45) is 2.01. The van der Waals surface area contributed by atoms with Crippen LogP contribution in [0, 0.1) is 5.92 Å². The van der Waals surface area contributed by atoms with E-state index in [-0.39, 0.29) is 12.3 Å². The number of rotatable bonds is 6. The molecule has 4 heteroatoms. The lowest BCUT2D eigenvalue weighted by atomic mass is 9.91. The van der Waals surface area contributed by atoms with Gasteiger partial charge in [0.25, 0.3) is 0 Å². The Kier molecular flexibility index (Phi) is 6.17. The van der Waals surface area contributed by atoms with Gasteiger partial charge in [0, 0.05) is 27.4 Å². The Morgan fingerprint density at radius 2 is 1.87 bits per heavy atom. The molecule has 1 fully saturated rings. The van der Waals surface area contributed by atoms with E-state index in [0.717, 1.165) is 32.6 Å². The zero-order valence-corrected chi connectivity index (χ0v) is 9.99. The molecule has 1 atom stereocenters. The van der Waals surface area contributed by atoms with Gasteiger partial charge >= 0.3 is 0 Å². The van der Waals surface area contributed by atoms with Crippen molar-refractivity contribution >= 4 is 0 Å². The topological polar surface area (TPSA) is 39.7 Å². The van der Waals surface area contributed by atoms with Gasteiger partial charge in [0.05, 0.1) is 6.04 Å². The van der Waals surface area contributed by atoms with Crippen molar-refractivity contribution in [3.63, 3.8) is 0 Å². The van der Waals surface area contributed by atoms with Crippen molar-refractivity contribution in [3.05, 3.63) is 0 Å². The lowest BCUT2D eigenvalue weighted by molar-refractivity contribution is -0.139. The Morgan fingerprint density at radius 1 is 1.27 bits per heavy atom. The molecule has 0 saturated carbocycles. The first-order valence-corrected chi connectivity index (χ1v) is 5.70. The van der Waals surface area contributed by atoms with Crippen LogP contribution < -0.4 is 5.32 Å². The molecule has 1 rings (SSSR count). The van der Waals surface area contributed by atoms with E-state index in [4.69, 9.17) is 14.2 Å². The summed E-state index contributed by atoms with van der Waals surface area (Å²) in [6.45, 7) is 4.75. The third-order valence-corrected chi connectivity index (χ3v) is 2.97. The van der Waals surface area contributed by atoms with Crippen LogP contribution >= 0.6 is 0 Å². The lowest BCUT2D eigenvalue weighted by Crippen LogP contribution is -2.48. The number of nitrogens with one attached hydrogen (secondary N) is 1. The molecule has 15 heavy (non-hydrogen) atoms. The molecule has 0 spiro atoms. The minimum Gasteiger partial charge on any atom is -0.381 e. The van der Waals surface area contributed by atoms with Crippen molar-refractivity contribution in [1.29, 1.82) is 0 Å². The van der Waals surface area contributed by atoms with Crippen LogP contribution in [-0.2, 0) is 14.2 Å². The second-order valence-corrected chi connectivity index (χ2v) is 3.87. The van der Waals surface area contributed by atoms with Gasteiger partial charge in [0.2, 0.25) is 0 Å². The summed E-state index contributed by atoms with van der Waals surface area (Å²) in [4.78, 5) is 0. The molecule has 0 radical (unpaired) electrons. The SMILES string of the molecule is CCNC(C1CCOCC1)C(OC)OC. The second kappa shape index (κ2) is 7.17. The number of ether oxygens (including phenoxy) is 3. The molecule has 1 aliphatic rings. The number of hydrogen-bond donors (Lipinski definition) is 1. The van der Waals surface area contributed by atoms with Crippen LogP contribution in [0.1, 0.15) is 19.8 Å². The van der Waals surface area contributed by atoms with Crippen LogP contribution in [0.5, 0.6) is 0 Å². The van der Waals surface area contributed by atoms with Crippen molar-refractivity contribution in [1.82, 2.24) is 5.32 Å². The molecule has 1 unspecified atom stereocenters. The molecule has 0 bridgehead atoms. The summed E-state index contributed by atoms with van der Waals surface area (Å²) in [6, 6.07) is 0.272. The maximum Gasteiger partial charge on any atom is 0.172 e.